The van der Waals surface area contributed by atoms with Crippen molar-refractivity contribution in [1.82, 2.24) is 0 Å². The summed E-state index contributed by atoms with van der Waals surface area (Å²) in [5.74, 6) is -1.07. The Balaban J connectivity index is 2.04. The monoisotopic (exact) mass is 368 g/mol. The third kappa shape index (κ3) is 2.15. The molecule has 0 saturated heterocycles. The quantitative estimate of drug-likeness (QED) is 0.328. The van der Waals surface area contributed by atoms with Gasteiger partial charge in [-0.1, -0.05) is 78.9 Å². The summed E-state index contributed by atoms with van der Waals surface area (Å²) < 4.78 is 29.7. The average molecular weight is 368 g/mol. The molecule has 28 heavy (non-hydrogen) atoms. The van der Waals surface area contributed by atoms with E-state index < -0.39 is 17.0 Å². The molecule has 4 aromatic rings. The highest BCUT2D eigenvalue weighted by Gasteiger charge is 2.48. The van der Waals surface area contributed by atoms with Gasteiger partial charge in [-0.15, -0.1) is 0 Å². The molecule has 1 aliphatic rings. The van der Waals surface area contributed by atoms with Crippen molar-refractivity contribution < 1.29 is 8.78 Å². The molecule has 0 bridgehead atoms. The van der Waals surface area contributed by atoms with Gasteiger partial charge in [-0.05, 0) is 46.4 Å². The van der Waals surface area contributed by atoms with Gasteiger partial charge in [0.1, 0.15) is 11.6 Å². The van der Waals surface area contributed by atoms with Crippen LogP contribution in [0.15, 0.2) is 91.0 Å². The van der Waals surface area contributed by atoms with Crippen molar-refractivity contribution in [1.29, 1.82) is 0 Å². The van der Waals surface area contributed by atoms with E-state index in [2.05, 4.69) is 0 Å². The van der Waals surface area contributed by atoms with Crippen LogP contribution in [0.5, 0.6) is 0 Å². The second-order valence-electron chi connectivity index (χ2n) is 7.29. The first-order valence-corrected chi connectivity index (χ1v) is 9.35. The maximum Gasteiger partial charge on any atom is 0.131 e. The fourth-order valence-corrected chi connectivity index (χ4v) is 4.77. The topological polar surface area (TPSA) is 0 Å². The first-order chi connectivity index (χ1) is 13.6. The van der Waals surface area contributed by atoms with Gasteiger partial charge in [-0.2, -0.15) is 0 Å². The van der Waals surface area contributed by atoms with Crippen LogP contribution in [0.4, 0.5) is 8.78 Å². The molecule has 0 aromatic heterocycles. The minimum atomic E-state index is -0.822. The van der Waals surface area contributed by atoms with Crippen molar-refractivity contribution in [2.75, 3.05) is 0 Å². The predicted octanol–water partition coefficient (Wildman–Crippen LogP) is 6.64. The zero-order chi connectivity index (χ0) is 19.3. The molecule has 0 aliphatic heterocycles. The molecule has 0 nitrogen and oxygen atoms in total. The number of fused-ring (bicyclic) bond motifs is 3. The third-order valence-electron chi connectivity index (χ3n) is 5.79. The van der Waals surface area contributed by atoms with Gasteiger partial charge in [0.15, 0.2) is 0 Å². The molecular formula is C26H18F2. The number of hydrogen-bond acceptors (Lipinski definition) is 0. The fraction of sp³-hybridized carbons (Fsp3) is 0.0769. The molecule has 0 saturated carbocycles. The molecule has 0 radical (unpaired) electrons. The zero-order valence-electron chi connectivity index (χ0n) is 15.4. The summed E-state index contributed by atoms with van der Waals surface area (Å²) in [7, 11) is 0. The van der Waals surface area contributed by atoms with Crippen LogP contribution >= 0.6 is 0 Å². The van der Waals surface area contributed by atoms with Crippen molar-refractivity contribution in [3.8, 4) is 11.1 Å². The maximum absolute atomic E-state index is 15.5. The number of rotatable bonds is 2. The number of halogens is 2. The SMILES string of the molecule is Cc1cccc2c1-c1cc(F)cc(F)c1C2(c1ccccc1)c1ccccc1. The Bertz CT molecular complexity index is 1140. The lowest BCUT2D eigenvalue weighted by molar-refractivity contribution is 0.560. The lowest BCUT2D eigenvalue weighted by Gasteiger charge is -2.34. The molecular weight excluding hydrogens is 350 g/mol. The fourth-order valence-electron chi connectivity index (χ4n) is 4.77. The minimum Gasteiger partial charge on any atom is -0.207 e. The molecule has 4 aromatic carbocycles. The Morgan fingerprint density at radius 3 is 1.89 bits per heavy atom. The molecule has 0 fully saturated rings. The number of benzene rings is 4. The predicted molar refractivity (Wildman–Crippen MR) is 108 cm³/mol. The van der Waals surface area contributed by atoms with Crippen LogP contribution in [-0.2, 0) is 5.41 Å². The van der Waals surface area contributed by atoms with Crippen molar-refractivity contribution in [3.05, 3.63) is 130 Å². The summed E-state index contributed by atoms with van der Waals surface area (Å²) in [6, 6.07) is 28.4. The van der Waals surface area contributed by atoms with E-state index in [1.54, 1.807) is 0 Å². The zero-order valence-corrected chi connectivity index (χ0v) is 15.4. The third-order valence-corrected chi connectivity index (χ3v) is 5.79. The van der Waals surface area contributed by atoms with Gasteiger partial charge in [-0.25, -0.2) is 8.78 Å². The maximum atomic E-state index is 15.5. The Kier molecular flexibility index (Phi) is 3.70. The Morgan fingerprint density at radius 2 is 1.29 bits per heavy atom. The van der Waals surface area contributed by atoms with E-state index in [0.29, 0.717) is 11.1 Å². The Labute approximate surface area is 163 Å². The van der Waals surface area contributed by atoms with Gasteiger partial charge in [-0.3, -0.25) is 0 Å². The average Bonchev–Trinajstić information content (AvgIpc) is 3.02. The lowest BCUT2D eigenvalue weighted by Crippen LogP contribution is -2.29. The van der Waals surface area contributed by atoms with Crippen LogP contribution in [-0.4, -0.2) is 0 Å². The summed E-state index contributed by atoms with van der Waals surface area (Å²) in [5, 5.41) is 0. The number of hydrogen-bond donors (Lipinski definition) is 0. The van der Waals surface area contributed by atoms with E-state index in [1.165, 1.54) is 6.07 Å². The summed E-state index contributed by atoms with van der Waals surface area (Å²) in [5.41, 5.74) is 5.20. The van der Waals surface area contributed by atoms with E-state index in [9.17, 15) is 4.39 Å². The lowest BCUT2D eigenvalue weighted by atomic mass is 9.67. The standard InChI is InChI=1S/C26H18F2/c1-17-9-8-14-22-24(17)21-15-20(27)16-23(28)25(21)26(22,18-10-4-2-5-11-18)19-12-6-3-7-13-19/h2-16H,1H3. The normalized spacial score (nSPS) is 13.8. The smallest absolute Gasteiger partial charge is 0.131 e. The van der Waals surface area contributed by atoms with E-state index in [4.69, 9.17) is 0 Å². The molecule has 0 spiro atoms. The highest BCUT2D eigenvalue weighted by atomic mass is 19.1. The first kappa shape index (κ1) is 16.9. The van der Waals surface area contributed by atoms with E-state index in [1.807, 2.05) is 85.8 Å². The van der Waals surface area contributed by atoms with Crippen molar-refractivity contribution in [2.45, 2.75) is 12.3 Å². The highest BCUT2D eigenvalue weighted by Crippen LogP contribution is 2.57. The van der Waals surface area contributed by atoms with Crippen LogP contribution < -0.4 is 0 Å². The van der Waals surface area contributed by atoms with E-state index >= 15 is 4.39 Å². The summed E-state index contributed by atoms with van der Waals surface area (Å²) >= 11 is 0. The number of aryl methyl sites for hydroxylation is 1. The summed E-state index contributed by atoms with van der Waals surface area (Å²) in [4.78, 5) is 0. The van der Waals surface area contributed by atoms with E-state index in [0.717, 1.165) is 33.9 Å². The largest absolute Gasteiger partial charge is 0.207 e. The molecule has 2 heteroatoms. The van der Waals surface area contributed by atoms with E-state index in [-0.39, 0.29) is 0 Å². The first-order valence-electron chi connectivity index (χ1n) is 9.35. The van der Waals surface area contributed by atoms with Gasteiger partial charge in [0.2, 0.25) is 0 Å². The van der Waals surface area contributed by atoms with Crippen molar-refractivity contribution >= 4 is 0 Å². The molecule has 136 valence electrons. The Morgan fingerprint density at radius 1 is 0.679 bits per heavy atom. The van der Waals surface area contributed by atoms with Crippen LogP contribution in [0.1, 0.15) is 27.8 Å². The van der Waals surface area contributed by atoms with Crippen molar-refractivity contribution in [3.63, 3.8) is 0 Å². The molecule has 5 rings (SSSR count). The minimum absolute atomic E-state index is 0.515. The van der Waals surface area contributed by atoms with Gasteiger partial charge < -0.3 is 0 Å². The molecule has 0 unspecified atom stereocenters. The molecule has 0 atom stereocenters. The second kappa shape index (κ2) is 6.13. The Hall–Kier alpha value is -3.26. The van der Waals surface area contributed by atoms with Crippen LogP contribution in [0, 0.1) is 18.6 Å². The van der Waals surface area contributed by atoms with Gasteiger partial charge in [0.25, 0.3) is 0 Å². The highest BCUT2D eigenvalue weighted by molar-refractivity contribution is 5.88. The van der Waals surface area contributed by atoms with Gasteiger partial charge in [0, 0.05) is 11.6 Å². The summed E-state index contributed by atoms with van der Waals surface area (Å²) in [6.45, 7) is 2.00. The van der Waals surface area contributed by atoms with Crippen LogP contribution in [0.3, 0.4) is 0 Å². The van der Waals surface area contributed by atoms with Crippen LogP contribution in [0.25, 0.3) is 11.1 Å². The second-order valence-corrected chi connectivity index (χ2v) is 7.29. The molecule has 0 N–H and O–H groups in total. The van der Waals surface area contributed by atoms with Gasteiger partial charge >= 0.3 is 0 Å². The molecule has 0 amide bonds. The van der Waals surface area contributed by atoms with Crippen molar-refractivity contribution in [2.24, 2.45) is 0 Å². The summed E-state index contributed by atoms with van der Waals surface area (Å²) in [6.07, 6.45) is 0. The molecule has 1 aliphatic carbocycles. The van der Waals surface area contributed by atoms with Crippen LogP contribution in [0.2, 0.25) is 0 Å². The molecule has 0 heterocycles. The van der Waals surface area contributed by atoms with Gasteiger partial charge in [0.05, 0.1) is 5.41 Å².